The van der Waals surface area contributed by atoms with Crippen LogP contribution in [0.5, 0.6) is 0 Å². The van der Waals surface area contributed by atoms with Crippen LogP contribution >= 0.6 is 0 Å². The molecule has 0 radical (unpaired) electrons. The molecule has 11 heteroatoms. The SMILES string of the molecule is CC/C=C\C/C=C\C/C=C\C/C=C\C/C=C\CCCCCCC(O)C(=O)NC(COC1OC(CO)C(O)C(O)C1OC(=O)CCCCCCCCCCCCCCCCC/C=C/CCCCCCCC)C(O)/C=C/CCCCCCCCCCCCC. The first-order chi connectivity index (χ1) is 42.7. The predicted molar refractivity (Wildman–Crippen MR) is 366 cm³/mol. The molecule has 0 aromatic heterocycles. The maximum Gasteiger partial charge on any atom is 0.306 e. The predicted octanol–water partition coefficient (Wildman–Crippen LogP) is 18.8. The molecule has 0 saturated carbocycles. The van der Waals surface area contributed by atoms with Gasteiger partial charge in [-0.1, -0.05) is 305 Å². The van der Waals surface area contributed by atoms with Gasteiger partial charge in [0.25, 0.3) is 0 Å². The number of hydrogen-bond acceptors (Lipinski definition) is 10. The minimum Gasteiger partial charge on any atom is -0.454 e. The standard InChI is InChI=1S/C76H135NO10/c1-4-7-10-13-16-19-22-25-27-29-31-33-34-35-36-37-39-41-43-46-49-52-55-58-61-64-71(81)87-74-73(83)72(82)70(65-78)86-76(74)85-66-67(68(79)62-59-56-53-50-47-44-24-21-18-15-12-9-6-3)77-75(84)69(80)63-60-57-54-51-48-45-42-40-38-32-30-28-26-23-20-17-14-11-8-5-2/h8,11,17,20,25-28,32,38,42,45,59,62,67-70,72-74,76,78-80,82-83H,4-7,9-10,12-16,18-19,21-24,29-31,33-37,39-41,43-44,46-58,60-61,63-66H2,1-3H3,(H,77,84)/b11-8-,20-17-,27-25+,28-26-,38-32-,45-42-,62-59+. The first kappa shape index (κ1) is 81.9. The van der Waals surface area contributed by atoms with Gasteiger partial charge in [0, 0.05) is 6.42 Å². The highest BCUT2D eigenvalue weighted by Gasteiger charge is 2.47. The summed E-state index contributed by atoms with van der Waals surface area (Å²) in [6, 6.07) is -1.04. The molecule has 1 aliphatic rings. The molecule has 504 valence electrons. The number of aliphatic hydroxyl groups excluding tert-OH is 5. The zero-order valence-corrected chi connectivity index (χ0v) is 56.1. The summed E-state index contributed by atoms with van der Waals surface area (Å²) in [6.45, 7) is 5.70. The number of carbonyl (C=O) groups is 2. The average molecular weight is 1220 g/mol. The van der Waals surface area contributed by atoms with Crippen molar-refractivity contribution in [2.45, 2.75) is 372 Å². The number of esters is 1. The Kier molecular flexibility index (Phi) is 59.3. The lowest BCUT2D eigenvalue weighted by molar-refractivity contribution is -0.305. The molecule has 1 aliphatic heterocycles. The number of aliphatic hydroxyl groups is 5. The van der Waals surface area contributed by atoms with E-state index in [-0.39, 0.29) is 19.4 Å². The van der Waals surface area contributed by atoms with Crippen LogP contribution in [-0.2, 0) is 23.8 Å². The van der Waals surface area contributed by atoms with E-state index in [4.69, 9.17) is 14.2 Å². The summed E-state index contributed by atoms with van der Waals surface area (Å²) in [6.07, 6.45) is 73.4. The van der Waals surface area contributed by atoms with E-state index >= 15 is 0 Å². The number of amides is 1. The topological polar surface area (TPSA) is 175 Å². The molecule has 0 aromatic rings. The van der Waals surface area contributed by atoms with Crippen molar-refractivity contribution >= 4 is 11.9 Å². The lowest BCUT2D eigenvalue weighted by atomic mass is 9.99. The van der Waals surface area contributed by atoms with Gasteiger partial charge in [-0.2, -0.15) is 0 Å². The Balaban J connectivity index is 2.58. The Morgan fingerprint density at radius 2 is 0.828 bits per heavy atom. The molecule has 0 aliphatic carbocycles. The highest BCUT2D eigenvalue weighted by atomic mass is 16.7. The molecule has 6 N–H and O–H groups in total. The zero-order valence-electron chi connectivity index (χ0n) is 56.1. The van der Waals surface area contributed by atoms with Gasteiger partial charge in [-0.05, 0) is 96.3 Å². The van der Waals surface area contributed by atoms with Crippen LogP contribution in [0, 0.1) is 0 Å². The minimum absolute atomic E-state index is 0.120. The summed E-state index contributed by atoms with van der Waals surface area (Å²) in [5.74, 6) is -1.21. The van der Waals surface area contributed by atoms with Gasteiger partial charge in [0.1, 0.15) is 24.4 Å². The minimum atomic E-state index is -1.62. The van der Waals surface area contributed by atoms with E-state index in [1.54, 1.807) is 6.08 Å². The monoisotopic (exact) mass is 1220 g/mol. The summed E-state index contributed by atoms with van der Waals surface area (Å²) in [4.78, 5) is 26.7. The van der Waals surface area contributed by atoms with Crippen LogP contribution in [0.3, 0.4) is 0 Å². The van der Waals surface area contributed by atoms with Gasteiger partial charge in [0.15, 0.2) is 12.4 Å². The van der Waals surface area contributed by atoms with E-state index in [9.17, 15) is 35.1 Å². The summed E-state index contributed by atoms with van der Waals surface area (Å²) in [5, 5.41) is 57.3. The normalized spacial score (nSPS) is 18.7. The first-order valence-electron chi connectivity index (χ1n) is 36.4. The van der Waals surface area contributed by atoms with Gasteiger partial charge < -0.3 is 45.1 Å². The lowest BCUT2D eigenvalue weighted by Crippen LogP contribution is -2.61. The molecule has 1 amide bonds. The van der Waals surface area contributed by atoms with Crippen LogP contribution < -0.4 is 5.32 Å². The molecule has 11 nitrogen and oxygen atoms in total. The van der Waals surface area contributed by atoms with E-state index in [0.717, 1.165) is 96.3 Å². The van der Waals surface area contributed by atoms with Gasteiger partial charge in [-0.25, -0.2) is 0 Å². The third-order valence-electron chi connectivity index (χ3n) is 16.8. The van der Waals surface area contributed by atoms with Gasteiger partial charge in [0.2, 0.25) is 5.91 Å². The fourth-order valence-electron chi connectivity index (χ4n) is 11.1. The number of carbonyl (C=O) groups excluding carboxylic acids is 2. The molecule has 8 unspecified atom stereocenters. The molecule has 0 aromatic carbocycles. The second-order valence-corrected chi connectivity index (χ2v) is 24.9. The quantitative estimate of drug-likeness (QED) is 0.0195. The van der Waals surface area contributed by atoms with Crippen LogP contribution in [-0.4, -0.2) is 99.6 Å². The van der Waals surface area contributed by atoms with E-state index < -0.39 is 67.4 Å². The Morgan fingerprint density at radius 1 is 0.460 bits per heavy atom. The van der Waals surface area contributed by atoms with Crippen molar-refractivity contribution in [1.82, 2.24) is 5.32 Å². The Morgan fingerprint density at radius 3 is 1.25 bits per heavy atom. The number of nitrogens with one attached hydrogen (secondary N) is 1. The van der Waals surface area contributed by atoms with Crippen LogP contribution in [0.2, 0.25) is 0 Å². The van der Waals surface area contributed by atoms with Crippen molar-refractivity contribution in [2.75, 3.05) is 13.2 Å². The molecule has 87 heavy (non-hydrogen) atoms. The molecule has 1 fully saturated rings. The van der Waals surface area contributed by atoms with Crippen molar-refractivity contribution in [3.05, 3.63) is 85.1 Å². The fraction of sp³-hybridized carbons (Fsp3) is 0.789. The number of rotatable bonds is 62. The van der Waals surface area contributed by atoms with E-state index in [0.29, 0.717) is 12.8 Å². The summed E-state index contributed by atoms with van der Waals surface area (Å²) in [5.41, 5.74) is 0. The van der Waals surface area contributed by atoms with Gasteiger partial charge >= 0.3 is 5.97 Å². The third-order valence-corrected chi connectivity index (χ3v) is 16.8. The lowest BCUT2D eigenvalue weighted by Gasteiger charge is -2.41. The average Bonchev–Trinajstić information content (AvgIpc) is 1.52. The molecular weight excluding hydrogens is 1090 g/mol. The third kappa shape index (κ3) is 50.2. The zero-order chi connectivity index (χ0) is 63.1. The van der Waals surface area contributed by atoms with Crippen LogP contribution in [0.1, 0.15) is 323 Å². The fourth-order valence-corrected chi connectivity index (χ4v) is 11.1. The first-order valence-corrected chi connectivity index (χ1v) is 36.4. The number of allylic oxidation sites excluding steroid dienone is 13. The maximum atomic E-state index is 13.5. The van der Waals surface area contributed by atoms with Gasteiger partial charge in [0.05, 0.1) is 25.4 Å². The van der Waals surface area contributed by atoms with E-state index in [2.05, 4.69) is 99.0 Å². The second-order valence-electron chi connectivity index (χ2n) is 24.9. The smallest absolute Gasteiger partial charge is 0.306 e. The van der Waals surface area contributed by atoms with Gasteiger partial charge in [-0.15, -0.1) is 0 Å². The number of ether oxygens (including phenoxy) is 3. The van der Waals surface area contributed by atoms with Crippen molar-refractivity contribution in [3.8, 4) is 0 Å². The second kappa shape index (κ2) is 63.0. The maximum absolute atomic E-state index is 13.5. The largest absolute Gasteiger partial charge is 0.454 e. The van der Waals surface area contributed by atoms with E-state index in [1.165, 1.54) is 180 Å². The molecule has 1 saturated heterocycles. The van der Waals surface area contributed by atoms with Crippen LogP contribution in [0.4, 0.5) is 0 Å². The molecule has 1 rings (SSSR count). The molecule has 1 heterocycles. The highest BCUT2D eigenvalue weighted by Crippen LogP contribution is 2.26. The molecule has 8 atom stereocenters. The van der Waals surface area contributed by atoms with Crippen LogP contribution in [0.25, 0.3) is 0 Å². The Bertz CT molecular complexity index is 1740. The number of unbranched alkanes of at least 4 members (excludes halogenated alkanes) is 36. The van der Waals surface area contributed by atoms with E-state index in [1.807, 2.05) is 6.08 Å². The van der Waals surface area contributed by atoms with Crippen molar-refractivity contribution in [2.24, 2.45) is 0 Å². The summed E-state index contributed by atoms with van der Waals surface area (Å²) in [7, 11) is 0. The number of hydrogen-bond donors (Lipinski definition) is 6. The summed E-state index contributed by atoms with van der Waals surface area (Å²) >= 11 is 0. The molecule has 0 spiro atoms. The van der Waals surface area contributed by atoms with Crippen LogP contribution in [0.15, 0.2) is 85.1 Å². The van der Waals surface area contributed by atoms with Crippen molar-refractivity contribution in [1.29, 1.82) is 0 Å². The van der Waals surface area contributed by atoms with Gasteiger partial charge in [-0.3, -0.25) is 9.59 Å². The Labute approximate surface area is 533 Å². The van der Waals surface area contributed by atoms with Crippen molar-refractivity contribution in [3.63, 3.8) is 0 Å². The Hall–Kier alpha value is -3.16. The molecular formula is C76H135NO10. The summed E-state index contributed by atoms with van der Waals surface area (Å²) < 4.78 is 17.7. The van der Waals surface area contributed by atoms with Crippen molar-refractivity contribution < 1.29 is 49.3 Å². The highest BCUT2D eigenvalue weighted by molar-refractivity contribution is 5.80. The molecule has 0 bridgehead atoms.